The molecule has 300 valence electrons. The fourth-order valence-electron chi connectivity index (χ4n) is 9.81. The molecule has 1 heterocycles. The summed E-state index contributed by atoms with van der Waals surface area (Å²) in [5.74, 6) is 1.56. The van der Waals surface area contributed by atoms with Crippen LogP contribution in [0.4, 0.5) is 5.69 Å². The lowest BCUT2D eigenvalue weighted by Gasteiger charge is -2.63. The van der Waals surface area contributed by atoms with Crippen LogP contribution >= 0.6 is 0 Å². The van der Waals surface area contributed by atoms with Gasteiger partial charge in [0, 0.05) is 61.0 Å². The molecule has 4 N–H and O–H groups in total. The zero-order valence-corrected chi connectivity index (χ0v) is 34.6. The molecule has 1 unspecified atom stereocenters. The van der Waals surface area contributed by atoms with Crippen molar-refractivity contribution in [1.29, 1.82) is 0 Å². The lowest BCUT2D eigenvalue weighted by atomic mass is 9.43. The molecular formula is C43H67N5O6. The van der Waals surface area contributed by atoms with Crippen LogP contribution in [0.1, 0.15) is 83.1 Å². The van der Waals surface area contributed by atoms with Crippen molar-refractivity contribution in [2.75, 3.05) is 53.4 Å². The maximum absolute atomic E-state index is 14.3. The molecule has 3 aliphatic carbocycles. The molecule has 10 atom stereocenters. The van der Waals surface area contributed by atoms with E-state index in [1.54, 1.807) is 19.1 Å². The van der Waals surface area contributed by atoms with Gasteiger partial charge in [0.15, 0.2) is 0 Å². The van der Waals surface area contributed by atoms with Crippen molar-refractivity contribution in [2.45, 2.75) is 104 Å². The number of amides is 2. The number of anilines is 1. The summed E-state index contributed by atoms with van der Waals surface area (Å²) in [6.45, 7) is 13.5. The number of likely N-dealkylation sites (N-methyl/N-ethyl adjacent to an activating group) is 1. The lowest BCUT2D eigenvalue weighted by Crippen LogP contribution is -2.63. The minimum absolute atomic E-state index is 0.000740. The number of rotatable bonds is 16. The van der Waals surface area contributed by atoms with E-state index in [1.165, 1.54) is 6.42 Å². The summed E-state index contributed by atoms with van der Waals surface area (Å²) in [6.07, 6.45) is 2.52. The van der Waals surface area contributed by atoms with Crippen molar-refractivity contribution in [3.63, 3.8) is 0 Å². The van der Waals surface area contributed by atoms with Gasteiger partial charge in [0.25, 0.3) is 5.91 Å². The summed E-state index contributed by atoms with van der Waals surface area (Å²) in [4.78, 5) is 38.5. The Morgan fingerprint density at radius 1 is 1.11 bits per heavy atom. The standard InChI is InChI=1S/C43H67N5O6/c1-12-43(6)31-20-35(43)26(4)36(21-31)45-42(52)39-38(27(5)50)37(24-49)54-48(39)22-28-14-13-15-34(40(28)53-11)29-17-30(19-33(18-29)47(9)10)41(51)44-32(16-25(2)3)23-46(7)8/h13-15,17-19,25-27,31-32,35-39,49-50H,12,16,20-24H2,1-11H3,(H,44,51)(H,45,52)/t26-,27-,31+,32-,35-,36-,37-,38+,39-,43?/m0/s1. The van der Waals surface area contributed by atoms with Crippen LogP contribution in [0.25, 0.3) is 11.1 Å². The zero-order chi connectivity index (χ0) is 39.6. The number of para-hydroxylation sites is 1. The number of methoxy groups -OCH3 is 1. The number of aliphatic hydroxyl groups is 2. The molecule has 1 saturated heterocycles. The third-order valence-corrected chi connectivity index (χ3v) is 12.9. The highest BCUT2D eigenvalue weighted by Crippen LogP contribution is 2.63. The summed E-state index contributed by atoms with van der Waals surface area (Å²) >= 11 is 0. The zero-order valence-electron chi connectivity index (χ0n) is 34.6. The summed E-state index contributed by atoms with van der Waals surface area (Å²) in [6, 6.07) is 10.9. The number of benzene rings is 2. The fourth-order valence-corrected chi connectivity index (χ4v) is 9.81. The average molecular weight is 750 g/mol. The molecule has 11 nitrogen and oxygen atoms in total. The van der Waals surface area contributed by atoms with E-state index in [4.69, 9.17) is 9.57 Å². The number of nitrogens with zero attached hydrogens (tertiary/aromatic N) is 3. The van der Waals surface area contributed by atoms with E-state index in [1.807, 2.05) is 69.5 Å². The number of nitrogens with one attached hydrogen (secondary N) is 2. The van der Waals surface area contributed by atoms with E-state index in [2.05, 4.69) is 50.2 Å². The van der Waals surface area contributed by atoms with Crippen LogP contribution in [-0.4, -0.2) is 111 Å². The van der Waals surface area contributed by atoms with Gasteiger partial charge in [-0.05, 0) is 93.1 Å². The van der Waals surface area contributed by atoms with E-state index in [9.17, 15) is 19.8 Å². The van der Waals surface area contributed by atoms with Gasteiger partial charge in [0.05, 0.1) is 26.4 Å². The summed E-state index contributed by atoms with van der Waals surface area (Å²) in [5, 5.41) is 29.6. The van der Waals surface area contributed by atoms with Crippen LogP contribution in [0.15, 0.2) is 36.4 Å². The molecule has 0 aromatic heterocycles. The molecule has 3 saturated carbocycles. The average Bonchev–Trinajstić information content (AvgIpc) is 3.49. The Kier molecular flexibility index (Phi) is 13.4. The third kappa shape index (κ3) is 8.60. The predicted molar refractivity (Wildman–Crippen MR) is 214 cm³/mol. The van der Waals surface area contributed by atoms with Crippen LogP contribution in [0, 0.1) is 35.0 Å². The molecular weight excluding hydrogens is 683 g/mol. The second kappa shape index (κ2) is 17.3. The Morgan fingerprint density at radius 3 is 2.41 bits per heavy atom. The monoisotopic (exact) mass is 750 g/mol. The van der Waals surface area contributed by atoms with Crippen molar-refractivity contribution < 1.29 is 29.4 Å². The van der Waals surface area contributed by atoms with Crippen molar-refractivity contribution in [1.82, 2.24) is 20.6 Å². The number of ether oxygens (including phenoxy) is 1. The van der Waals surface area contributed by atoms with Crippen molar-refractivity contribution in [2.24, 2.45) is 35.0 Å². The van der Waals surface area contributed by atoms with E-state index in [-0.39, 0.29) is 37.0 Å². The number of carbonyl (C=O) groups excluding carboxylic acids is 2. The van der Waals surface area contributed by atoms with Gasteiger partial charge >= 0.3 is 0 Å². The highest BCUT2D eigenvalue weighted by Gasteiger charge is 2.58. The first-order chi connectivity index (χ1) is 25.5. The third-order valence-electron chi connectivity index (χ3n) is 12.9. The molecule has 2 aromatic rings. The van der Waals surface area contributed by atoms with Crippen molar-refractivity contribution in [3.8, 4) is 16.9 Å². The van der Waals surface area contributed by atoms with E-state index in [0.717, 1.165) is 48.2 Å². The first-order valence-electron chi connectivity index (χ1n) is 20.0. The van der Waals surface area contributed by atoms with Gasteiger partial charge in [-0.15, -0.1) is 0 Å². The minimum atomic E-state index is -0.895. The number of fused-ring (bicyclic) bond motifs is 2. The highest BCUT2D eigenvalue weighted by molar-refractivity contribution is 5.97. The Bertz CT molecular complexity index is 1600. The van der Waals surface area contributed by atoms with Gasteiger partial charge in [0.1, 0.15) is 17.9 Å². The van der Waals surface area contributed by atoms with Gasteiger partial charge in [-0.1, -0.05) is 59.2 Å². The van der Waals surface area contributed by atoms with Crippen LogP contribution in [0.2, 0.25) is 0 Å². The van der Waals surface area contributed by atoms with Gasteiger partial charge in [0.2, 0.25) is 5.91 Å². The van der Waals surface area contributed by atoms with Gasteiger partial charge < -0.3 is 35.4 Å². The number of hydrogen-bond acceptors (Lipinski definition) is 9. The Balaban J connectivity index is 1.45. The Hall–Kier alpha value is -3.22. The normalized spacial score (nSPS) is 29.1. The number of aliphatic hydroxyl groups excluding tert-OH is 2. The van der Waals surface area contributed by atoms with Crippen LogP contribution in [0.5, 0.6) is 5.75 Å². The quantitative estimate of drug-likeness (QED) is 0.184. The largest absolute Gasteiger partial charge is 0.496 e. The first-order valence-corrected chi connectivity index (χ1v) is 20.0. The van der Waals surface area contributed by atoms with Gasteiger partial charge in [-0.2, -0.15) is 5.06 Å². The van der Waals surface area contributed by atoms with Gasteiger partial charge in [-0.25, -0.2) is 0 Å². The van der Waals surface area contributed by atoms with Crippen molar-refractivity contribution in [3.05, 3.63) is 47.5 Å². The van der Waals surface area contributed by atoms with Crippen LogP contribution in [0.3, 0.4) is 0 Å². The van der Waals surface area contributed by atoms with Gasteiger partial charge in [-0.3, -0.25) is 14.4 Å². The number of hydrogen-bond donors (Lipinski definition) is 4. The second-order valence-corrected chi connectivity index (χ2v) is 17.5. The van der Waals surface area contributed by atoms with E-state index < -0.39 is 24.2 Å². The molecule has 0 spiro atoms. The summed E-state index contributed by atoms with van der Waals surface area (Å²) in [5.41, 5.74) is 4.13. The van der Waals surface area contributed by atoms with Crippen LogP contribution < -0.4 is 20.3 Å². The number of carbonyl (C=O) groups is 2. The molecule has 11 heteroatoms. The molecule has 0 radical (unpaired) electrons. The predicted octanol–water partition coefficient (Wildman–Crippen LogP) is 5.19. The second-order valence-electron chi connectivity index (χ2n) is 17.5. The van der Waals surface area contributed by atoms with Crippen molar-refractivity contribution >= 4 is 17.5 Å². The maximum Gasteiger partial charge on any atom is 0.251 e. The maximum atomic E-state index is 14.3. The number of hydroxylamine groups is 2. The molecule has 1 aliphatic heterocycles. The van der Waals surface area contributed by atoms with Crippen LogP contribution in [-0.2, 0) is 16.2 Å². The minimum Gasteiger partial charge on any atom is -0.496 e. The molecule has 2 aromatic carbocycles. The summed E-state index contributed by atoms with van der Waals surface area (Å²) < 4.78 is 6.10. The SMILES string of the molecule is CCC1(C)[C@H]2C[C@H](NC(=O)[C@@H]3[C@H]([C@H](C)O)[C@H](CO)ON3Cc3cccc(-c4cc(C(=O)N[C@@H](CC(C)C)CN(C)C)cc(N(C)C)c4)c3OC)[C@@H](C)[C@@H]1C2. The smallest absolute Gasteiger partial charge is 0.251 e. The lowest BCUT2D eigenvalue weighted by molar-refractivity contribution is -0.183. The molecule has 4 aliphatic rings. The molecule has 54 heavy (non-hydrogen) atoms. The molecule has 6 rings (SSSR count). The highest BCUT2D eigenvalue weighted by atomic mass is 16.7. The molecule has 2 bridgehead atoms. The summed E-state index contributed by atoms with van der Waals surface area (Å²) in [7, 11) is 9.55. The molecule has 4 fully saturated rings. The molecule has 2 amide bonds. The topological polar surface area (TPSA) is 127 Å². The Labute approximate surface area is 323 Å². The van der Waals surface area contributed by atoms with E-state index in [0.29, 0.717) is 40.4 Å². The van der Waals surface area contributed by atoms with E-state index >= 15 is 0 Å². The Morgan fingerprint density at radius 2 is 1.83 bits per heavy atom. The fraction of sp³-hybridized carbons (Fsp3) is 0.674. The first kappa shape index (κ1) is 41.9.